The smallest absolute Gasteiger partial charge is 0.265 e. The van der Waals surface area contributed by atoms with Crippen molar-refractivity contribution in [1.29, 1.82) is 0 Å². The van der Waals surface area contributed by atoms with Crippen LogP contribution >= 0.6 is 0 Å². The molecule has 0 aliphatic rings. The van der Waals surface area contributed by atoms with Crippen LogP contribution in [0.4, 0.5) is 4.39 Å². The fraction of sp³-hybridized carbons (Fsp3) is 0.364. The number of hydrogen-bond donors (Lipinski definition) is 0. The van der Waals surface area contributed by atoms with Crippen molar-refractivity contribution in [1.82, 2.24) is 9.55 Å². The van der Waals surface area contributed by atoms with Crippen molar-refractivity contribution < 1.29 is 4.39 Å². The van der Waals surface area contributed by atoms with E-state index in [1.165, 1.54) is 6.07 Å². The van der Waals surface area contributed by atoms with E-state index in [4.69, 9.17) is 0 Å². The quantitative estimate of drug-likeness (QED) is 0.622. The first-order valence-corrected chi connectivity index (χ1v) is 9.13. The van der Waals surface area contributed by atoms with E-state index in [-0.39, 0.29) is 11.4 Å². The first-order chi connectivity index (χ1) is 12.3. The molecule has 3 nitrogen and oxygen atoms in total. The first kappa shape index (κ1) is 19.8. The Bertz CT molecular complexity index is 996. The summed E-state index contributed by atoms with van der Waals surface area (Å²) in [5.41, 5.74) is 4.82. The largest absolute Gasteiger partial charge is 0.268 e. The summed E-state index contributed by atoms with van der Waals surface area (Å²) in [6, 6.07) is 7.07. The van der Waals surface area contributed by atoms with Crippen molar-refractivity contribution in [2.24, 2.45) is 0 Å². The fourth-order valence-corrected chi connectivity index (χ4v) is 3.35. The van der Waals surface area contributed by atoms with Crippen LogP contribution in [0.15, 0.2) is 29.1 Å². The van der Waals surface area contributed by atoms with Crippen molar-refractivity contribution in [2.75, 3.05) is 0 Å². The molecule has 0 radical (unpaired) electrons. The summed E-state index contributed by atoms with van der Waals surface area (Å²) in [7, 11) is 0. The molecule has 3 aromatic rings. The molecule has 0 bridgehead atoms. The standard InChI is InChI=1S/C20H21FN2O.C2H6/c1-6-18-22-17-10-16(21)12(3)9-15(17)20(24)23(18)19-13(4)7-11(2)8-14(19)5;1-2/h7-10H,6H2,1-5H3;1-2H3. The van der Waals surface area contributed by atoms with Gasteiger partial charge in [0.25, 0.3) is 5.56 Å². The van der Waals surface area contributed by atoms with Gasteiger partial charge >= 0.3 is 0 Å². The van der Waals surface area contributed by atoms with Gasteiger partial charge in [0.1, 0.15) is 11.6 Å². The molecule has 0 saturated carbocycles. The number of fused-ring (bicyclic) bond motifs is 1. The lowest BCUT2D eigenvalue weighted by Crippen LogP contribution is -2.25. The molecule has 26 heavy (non-hydrogen) atoms. The minimum absolute atomic E-state index is 0.144. The summed E-state index contributed by atoms with van der Waals surface area (Å²) in [5.74, 6) is 0.308. The molecule has 0 N–H and O–H groups in total. The maximum absolute atomic E-state index is 13.9. The van der Waals surface area contributed by atoms with Crippen LogP contribution in [0.2, 0.25) is 0 Å². The average molecular weight is 354 g/mol. The van der Waals surface area contributed by atoms with Crippen LogP contribution in [0.3, 0.4) is 0 Å². The highest BCUT2D eigenvalue weighted by atomic mass is 19.1. The molecule has 0 aliphatic carbocycles. The molecular weight excluding hydrogens is 327 g/mol. The van der Waals surface area contributed by atoms with E-state index >= 15 is 0 Å². The van der Waals surface area contributed by atoms with Gasteiger partial charge in [0, 0.05) is 12.5 Å². The third-order valence-corrected chi connectivity index (χ3v) is 4.39. The fourth-order valence-electron chi connectivity index (χ4n) is 3.35. The van der Waals surface area contributed by atoms with Gasteiger partial charge in [-0.3, -0.25) is 9.36 Å². The molecule has 138 valence electrons. The first-order valence-electron chi connectivity index (χ1n) is 9.13. The molecule has 1 heterocycles. The zero-order valence-corrected chi connectivity index (χ0v) is 16.7. The molecular formula is C22H27FN2O. The van der Waals surface area contributed by atoms with Crippen LogP contribution in [-0.4, -0.2) is 9.55 Å². The highest BCUT2D eigenvalue weighted by Gasteiger charge is 2.16. The predicted octanol–water partition coefficient (Wildman–Crippen LogP) is 5.35. The number of aryl methyl sites for hydroxylation is 5. The van der Waals surface area contributed by atoms with Crippen LogP contribution in [0.1, 0.15) is 48.8 Å². The summed E-state index contributed by atoms with van der Waals surface area (Å²) in [6.45, 7) is 13.7. The van der Waals surface area contributed by atoms with Crippen molar-refractivity contribution in [3.8, 4) is 5.69 Å². The Kier molecular flexibility index (Phi) is 5.96. The zero-order chi connectivity index (χ0) is 19.6. The van der Waals surface area contributed by atoms with Crippen molar-refractivity contribution in [3.05, 3.63) is 68.5 Å². The second-order valence-electron chi connectivity index (χ2n) is 6.39. The lowest BCUT2D eigenvalue weighted by atomic mass is 10.0. The van der Waals surface area contributed by atoms with Gasteiger partial charge in [-0.2, -0.15) is 0 Å². The Hall–Kier alpha value is -2.49. The van der Waals surface area contributed by atoms with E-state index < -0.39 is 0 Å². The van der Waals surface area contributed by atoms with E-state index in [1.807, 2.05) is 41.5 Å². The molecule has 0 saturated heterocycles. The Morgan fingerprint density at radius 2 is 1.54 bits per heavy atom. The third-order valence-electron chi connectivity index (χ3n) is 4.39. The third kappa shape index (κ3) is 3.41. The summed E-state index contributed by atoms with van der Waals surface area (Å²) >= 11 is 0. The highest BCUT2D eigenvalue weighted by Crippen LogP contribution is 2.23. The molecule has 4 heteroatoms. The van der Waals surface area contributed by atoms with E-state index in [0.29, 0.717) is 28.7 Å². The van der Waals surface area contributed by atoms with Crippen LogP contribution in [-0.2, 0) is 6.42 Å². The summed E-state index contributed by atoms with van der Waals surface area (Å²) in [4.78, 5) is 17.7. The SMILES string of the molecule is CC.CCc1nc2cc(F)c(C)cc2c(=O)n1-c1c(C)cc(C)cc1C. The summed E-state index contributed by atoms with van der Waals surface area (Å²) in [5, 5.41) is 0.450. The predicted molar refractivity (Wildman–Crippen MR) is 107 cm³/mol. The topological polar surface area (TPSA) is 34.9 Å². The number of rotatable bonds is 2. The molecule has 0 amide bonds. The van der Waals surface area contributed by atoms with E-state index in [2.05, 4.69) is 17.1 Å². The van der Waals surface area contributed by atoms with E-state index in [0.717, 1.165) is 22.4 Å². The van der Waals surface area contributed by atoms with E-state index in [1.54, 1.807) is 17.6 Å². The van der Waals surface area contributed by atoms with Gasteiger partial charge < -0.3 is 0 Å². The second kappa shape index (κ2) is 7.81. The number of halogens is 1. The monoisotopic (exact) mass is 354 g/mol. The van der Waals surface area contributed by atoms with Gasteiger partial charge in [-0.15, -0.1) is 0 Å². The molecule has 0 atom stereocenters. The minimum atomic E-state index is -0.336. The normalized spacial score (nSPS) is 10.6. The molecule has 0 aliphatic heterocycles. The van der Waals surface area contributed by atoms with Gasteiger partial charge in [0.15, 0.2) is 0 Å². The van der Waals surface area contributed by atoms with Crippen LogP contribution in [0.25, 0.3) is 16.6 Å². The van der Waals surface area contributed by atoms with Gasteiger partial charge in [-0.1, -0.05) is 38.5 Å². The van der Waals surface area contributed by atoms with Crippen LogP contribution < -0.4 is 5.56 Å². The van der Waals surface area contributed by atoms with Gasteiger partial charge in [-0.05, 0) is 50.5 Å². The molecule has 0 fully saturated rings. The maximum Gasteiger partial charge on any atom is 0.265 e. The summed E-state index contributed by atoms with van der Waals surface area (Å²) < 4.78 is 15.5. The lowest BCUT2D eigenvalue weighted by Gasteiger charge is -2.18. The molecule has 3 rings (SSSR count). The van der Waals surface area contributed by atoms with Gasteiger partial charge in [0.05, 0.1) is 16.6 Å². The van der Waals surface area contributed by atoms with Gasteiger partial charge in [-0.25, -0.2) is 9.37 Å². The van der Waals surface area contributed by atoms with Crippen LogP contribution in [0.5, 0.6) is 0 Å². The Balaban J connectivity index is 0.00000117. The second-order valence-corrected chi connectivity index (χ2v) is 6.39. The number of nitrogens with zero attached hydrogens (tertiary/aromatic N) is 2. The number of aromatic nitrogens is 2. The zero-order valence-electron chi connectivity index (χ0n) is 16.7. The maximum atomic E-state index is 13.9. The lowest BCUT2D eigenvalue weighted by molar-refractivity contribution is 0.620. The molecule has 0 unspecified atom stereocenters. The minimum Gasteiger partial charge on any atom is -0.268 e. The van der Waals surface area contributed by atoms with Crippen molar-refractivity contribution >= 4 is 10.9 Å². The Morgan fingerprint density at radius 1 is 0.962 bits per heavy atom. The number of hydrogen-bond acceptors (Lipinski definition) is 2. The average Bonchev–Trinajstić information content (AvgIpc) is 2.59. The molecule has 0 spiro atoms. The molecule has 2 aromatic carbocycles. The van der Waals surface area contributed by atoms with Gasteiger partial charge in [0.2, 0.25) is 0 Å². The van der Waals surface area contributed by atoms with Crippen LogP contribution in [0, 0.1) is 33.5 Å². The Labute approximate surface area is 154 Å². The highest BCUT2D eigenvalue weighted by molar-refractivity contribution is 5.79. The van der Waals surface area contributed by atoms with Crippen molar-refractivity contribution in [3.63, 3.8) is 0 Å². The number of benzene rings is 2. The Morgan fingerprint density at radius 3 is 2.08 bits per heavy atom. The van der Waals surface area contributed by atoms with Crippen molar-refractivity contribution in [2.45, 2.75) is 54.9 Å². The molecule has 1 aromatic heterocycles. The summed E-state index contributed by atoms with van der Waals surface area (Å²) in [6.07, 6.45) is 0.591. The van der Waals surface area contributed by atoms with E-state index in [9.17, 15) is 9.18 Å².